The molecule has 1 aliphatic rings. The number of carbonyl (C=O) groups excluding carboxylic acids is 1. The molecule has 0 saturated carbocycles. The second-order valence-corrected chi connectivity index (χ2v) is 5.42. The van der Waals surface area contributed by atoms with Crippen molar-refractivity contribution in [3.63, 3.8) is 0 Å². The van der Waals surface area contributed by atoms with Crippen LogP contribution in [0.25, 0.3) is 0 Å². The lowest BCUT2D eigenvalue weighted by atomic mass is 10.2. The van der Waals surface area contributed by atoms with Crippen molar-refractivity contribution in [1.29, 1.82) is 0 Å². The Balaban J connectivity index is 1.68. The number of ether oxygens (including phenoxy) is 1. The molecule has 116 valence electrons. The molecule has 6 nitrogen and oxygen atoms in total. The summed E-state index contributed by atoms with van der Waals surface area (Å²) in [6.45, 7) is 1.94. The summed E-state index contributed by atoms with van der Waals surface area (Å²) in [4.78, 5) is 14.3. The fourth-order valence-electron chi connectivity index (χ4n) is 2.58. The molecule has 0 spiro atoms. The first-order valence-electron chi connectivity index (χ1n) is 7.51. The van der Waals surface area contributed by atoms with Crippen LogP contribution in [0.4, 0.5) is 10.5 Å². The average Bonchev–Trinajstić information content (AvgIpc) is 3.21. The topological polar surface area (TPSA) is 70.2 Å². The molecule has 0 unspecified atom stereocenters. The predicted octanol–water partition coefficient (Wildman–Crippen LogP) is 2.62. The van der Waals surface area contributed by atoms with Crippen LogP contribution >= 0.6 is 0 Å². The third-order valence-corrected chi connectivity index (χ3v) is 3.70. The minimum atomic E-state index is -0.138. The lowest BCUT2D eigenvalue weighted by Gasteiger charge is -2.25. The minimum absolute atomic E-state index is 0.124. The Kier molecular flexibility index (Phi) is 4.70. The van der Waals surface area contributed by atoms with E-state index >= 15 is 0 Å². The molecular weight excluding hydrogens is 280 g/mol. The number of amides is 2. The first kappa shape index (κ1) is 14.6. The van der Waals surface area contributed by atoms with E-state index in [0.717, 1.165) is 25.0 Å². The molecule has 6 heteroatoms. The number of aromatic nitrogens is 2. The maximum Gasteiger partial charge on any atom is 0.322 e. The largest absolute Gasteiger partial charge is 0.376 e. The number of carbonyl (C=O) groups is 1. The Morgan fingerprint density at radius 3 is 2.95 bits per heavy atom. The number of nitrogens with zero attached hydrogens (tertiary/aromatic N) is 2. The molecule has 1 aromatic carbocycles. The molecular formula is C16H20N4O2. The lowest BCUT2D eigenvalue weighted by Crippen LogP contribution is -2.39. The highest BCUT2D eigenvalue weighted by atomic mass is 16.5. The third-order valence-electron chi connectivity index (χ3n) is 3.70. The average molecular weight is 300 g/mol. The fourth-order valence-corrected chi connectivity index (χ4v) is 2.58. The zero-order valence-electron chi connectivity index (χ0n) is 12.4. The smallest absolute Gasteiger partial charge is 0.322 e. The van der Waals surface area contributed by atoms with Crippen molar-refractivity contribution in [1.82, 2.24) is 15.1 Å². The lowest BCUT2D eigenvalue weighted by molar-refractivity contribution is 0.0819. The van der Waals surface area contributed by atoms with E-state index in [0.29, 0.717) is 18.8 Å². The number of hydrogen-bond donors (Lipinski definition) is 2. The van der Waals surface area contributed by atoms with Gasteiger partial charge in [0.1, 0.15) is 0 Å². The molecule has 0 radical (unpaired) electrons. The van der Waals surface area contributed by atoms with Crippen molar-refractivity contribution < 1.29 is 9.53 Å². The molecule has 2 amide bonds. The number of nitrogens with one attached hydrogen (secondary N) is 2. The Hall–Kier alpha value is -2.34. The molecule has 2 heterocycles. The van der Waals surface area contributed by atoms with E-state index in [2.05, 4.69) is 15.5 Å². The van der Waals surface area contributed by atoms with Gasteiger partial charge in [-0.2, -0.15) is 5.10 Å². The van der Waals surface area contributed by atoms with Gasteiger partial charge in [0.2, 0.25) is 0 Å². The second-order valence-electron chi connectivity index (χ2n) is 5.42. The van der Waals surface area contributed by atoms with Gasteiger partial charge >= 0.3 is 6.03 Å². The molecule has 1 aromatic heterocycles. The van der Waals surface area contributed by atoms with E-state index in [1.54, 1.807) is 17.3 Å². The Labute approximate surface area is 129 Å². The monoisotopic (exact) mass is 300 g/mol. The summed E-state index contributed by atoms with van der Waals surface area (Å²) in [7, 11) is 0. The number of urea groups is 1. The number of hydrogen-bond acceptors (Lipinski definition) is 3. The van der Waals surface area contributed by atoms with E-state index in [1.165, 1.54) is 0 Å². The van der Waals surface area contributed by atoms with Crippen LogP contribution < -0.4 is 5.32 Å². The first-order valence-corrected chi connectivity index (χ1v) is 7.51. The maximum absolute atomic E-state index is 12.5. The van der Waals surface area contributed by atoms with Crippen molar-refractivity contribution in [2.45, 2.75) is 25.5 Å². The summed E-state index contributed by atoms with van der Waals surface area (Å²) in [5, 5.41) is 9.38. The van der Waals surface area contributed by atoms with Crippen LogP contribution in [0.15, 0.2) is 42.7 Å². The highest BCUT2D eigenvalue weighted by molar-refractivity contribution is 5.89. The van der Waals surface area contributed by atoms with Gasteiger partial charge in [-0.15, -0.1) is 0 Å². The van der Waals surface area contributed by atoms with Gasteiger partial charge in [-0.05, 0) is 18.4 Å². The van der Waals surface area contributed by atoms with Crippen molar-refractivity contribution in [2.75, 3.05) is 18.5 Å². The van der Waals surface area contributed by atoms with E-state index in [9.17, 15) is 4.79 Å². The predicted molar refractivity (Wildman–Crippen MR) is 83.4 cm³/mol. The van der Waals surface area contributed by atoms with E-state index in [-0.39, 0.29) is 12.1 Å². The van der Waals surface area contributed by atoms with Crippen LogP contribution in [0.2, 0.25) is 0 Å². The Morgan fingerprint density at radius 1 is 1.41 bits per heavy atom. The molecule has 0 aliphatic carbocycles. The van der Waals surface area contributed by atoms with E-state index in [4.69, 9.17) is 4.74 Å². The quantitative estimate of drug-likeness (QED) is 0.891. The van der Waals surface area contributed by atoms with Crippen LogP contribution in [0, 0.1) is 0 Å². The third kappa shape index (κ3) is 3.85. The van der Waals surface area contributed by atoms with Gasteiger partial charge in [-0.25, -0.2) is 4.79 Å². The van der Waals surface area contributed by atoms with Gasteiger partial charge in [0.05, 0.1) is 18.0 Å². The summed E-state index contributed by atoms with van der Waals surface area (Å²) < 4.78 is 5.67. The molecule has 0 bridgehead atoms. The molecule has 22 heavy (non-hydrogen) atoms. The zero-order valence-corrected chi connectivity index (χ0v) is 12.4. The summed E-state index contributed by atoms with van der Waals surface area (Å²) >= 11 is 0. The first-order chi connectivity index (χ1) is 10.8. The fraction of sp³-hybridized carbons (Fsp3) is 0.375. The van der Waals surface area contributed by atoms with Gasteiger partial charge in [-0.1, -0.05) is 30.3 Å². The van der Waals surface area contributed by atoms with Crippen LogP contribution in [0.3, 0.4) is 0 Å². The van der Waals surface area contributed by atoms with Crippen LogP contribution in [0.5, 0.6) is 0 Å². The van der Waals surface area contributed by atoms with Crippen molar-refractivity contribution in [3.05, 3.63) is 48.3 Å². The highest BCUT2D eigenvalue weighted by Gasteiger charge is 2.23. The summed E-state index contributed by atoms with van der Waals surface area (Å²) in [6.07, 6.45) is 5.44. The van der Waals surface area contributed by atoms with E-state index < -0.39 is 0 Å². The van der Waals surface area contributed by atoms with Gasteiger partial charge in [0.25, 0.3) is 0 Å². The van der Waals surface area contributed by atoms with Crippen molar-refractivity contribution in [3.8, 4) is 0 Å². The number of benzene rings is 1. The van der Waals surface area contributed by atoms with E-state index in [1.807, 2.05) is 30.3 Å². The van der Waals surface area contributed by atoms with Gasteiger partial charge in [-0.3, -0.25) is 5.10 Å². The minimum Gasteiger partial charge on any atom is -0.376 e. The van der Waals surface area contributed by atoms with Crippen LogP contribution in [-0.2, 0) is 11.3 Å². The molecule has 1 atom stereocenters. The molecule has 2 aromatic rings. The molecule has 1 aliphatic heterocycles. The summed E-state index contributed by atoms with van der Waals surface area (Å²) in [6, 6.07) is 9.84. The molecule has 1 fully saturated rings. The van der Waals surface area contributed by atoms with Crippen LogP contribution in [0.1, 0.15) is 18.4 Å². The zero-order chi connectivity index (χ0) is 15.2. The number of rotatable bonds is 5. The van der Waals surface area contributed by atoms with Gasteiger partial charge in [0.15, 0.2) is 0 Å². The van der Waals surface area contributed by atoms with Crippen molar-refractivity contribution >= 4 is 11.7 Å². The summed E-state index contributed by atoms with van der Waals surface area (Å²) in [5.74, 6) is 0. The van der Waals surface area contributed by atoms with Crippen molar-refractivity contribution in [2.24, 2.45) is 0 Å². The van der Waals surface area contributed by atoms with Gasteiger partial charge < -0.3 is 15.0 Å². The SMILES string of the molecule is O=C(Nc1cn[nH]c1)N(Cc1ccccc1)C[C@H]1CCCO1. The maximum atomic E-state index is 12.5. The highest BCUT2D eigenvalue weighted by Crippen LogP contribution is 2.16. The number of aromatic amines is 1. The molecule has 2 N–H and O–H groups in total. The van der Waals surface area contributed by atoms with Crippen LogP contribution in [-0.4, -0.2) is 40.4 Å². The Morgan fingerprint density at radius 2 is 2.27 bits per heavy atom. The van der Waals surface area contributed by atoms with Gasteiger partial charge in [0, 0.05) is 25.9 Å². The Bertz CT molecular complexity index is 579. The summed E-state index contributed by atoms with van der Waals surface area (Å²) in [5.41, 5.74) is 1.76. The molecule has 3 rings (SSSR count). The standard InChI is InChI=1S/C16H20N4O2/c21-16(19-14-9-17-18-10-14)20(12-15-7-4-8-22-15)11-13-5-2-1-3-6-13/h1-3,5-6,9-10,15H,4,7-8,11-12H2,(H,17,18)(H,19,21)/t15-/m1/s1. The normalized spacial score (nSPS) is 17.4. The number of anilines is 1. The second kappa shape index (κ2) is 7.09. The number of H-pyrrole nitrogens is 1. The molecule has 1 saturated heterocycles.